The quantitative estimate of drug-likeness (QED) is 0.655. The maximum Gasteiger partial charge on any atom is 0.159 e. The van der Waals surface area contributed by atoms with Crippen molar-refractivity contribution in [2.24, 2.45) is 5.92 Å². The highest BCUT2D eigenvalue weighted by atomic mass is 35.5. The van der Waals surface area contributed by atoms with Crippen molar-refractivity contribution in [3.8, 4) is 0 Å². The molecule has 1 aromatic carbocycles. The van der Waals surface area contributed by atoms with Gasteiger partial charge < -0.3 is 0 Å². The largest absolute Gasteiger partial charge is 0.204 e. The van der Waals surface area contributed by atoms with E-state index in [4.69, 9.17) is 11.6 Å². The summed E-state index contributed by atoms with van der Waals surface area (Å²) in [5.74, 6) is -0.751. The summed E-state index contributed by atoms with van der Waals surface area (Å²) < 4.78 is 25.8. The Balaban J connectivity index is 1.78. The van der Waals surface area contributed by atoms with Crippen molar-refractivity contribution in [3.63, 3.8) is 0 Å². The first-order valence-electron chi connectivity index (χ1n) is 6.73. The molecule has 1 atom stereocenters. The van der Waals surface area contributed by atoms with E-state index in [0.29, 0.717) is 6.42 Å². The van der Waals surface area contributed by atoms with E-state index in [9.17, 15) is 8.78 Å². The number of hydrogen-bond acceptors (Lipinski definition) is 0. The molecule has 0 amide bonds. The summed E-state index contributed by atoms with van der Waals surface area (Å²) in [7, 11) is 0. The molecular formula is C15H19ClF2. The lowest BCUT2D eigenvalue weighted by Gasteiger charge is -2.13. The smallest absolute Gasteiger partial charge is 0.159 e. The van der Waals surface area contributed by atoms with Gasteiger partial charge in [0.25, 0.3) is 0 Å². The van der Waals surface area contributed by atoms with Crippen LogP contribution in [0.15, 0.2) is 18.2 Å². The molecule has 0 N–H and O–H groups in total. The normalized spacial score (nSPS) is 18.2. The topological polar surface area (TPSA) is 0 Å². The second-order valence-corrected chi connectivity index (χ2v) is 5.89. The lowest BCUT2D eigenvalue weighted by Crippen LogP contribution is -2.06. The number of halogens is 3. The molecule has 0 aliphatic heterocycles. The molecule has 1 aromatic rings. The van der Waals surface area contributed by atoms with Crippen LogP contribution in [0.4, 0.5) is 8.78 Å². The van der Waals surface area contributed by atoms with E-state index in [1.165, 1.54) is 37.8 Å². The minimum atomic E-state index is -0.796. The molecule has 0 saturated heterocycles. The third-order valence-corrected chi connectivity index (χ3v) is 4.18. The fourth-order valence-electron chi connectivity index (χ4n) is 2.74. The van der Waals surface area contributed by atoms with Gasteiger partial charge in [-0.25, -0.2) is 8.78 Å². The highest BCUT2D eigenvalue weighted by molar-refractivity contribution is 6.20. The van der Waals surface area contributed by atoms with Crippen LogP contribution in [0.5, 0.6) is 0 Å². The first-order valence-corrected chi connectivity index (χ1v) is 7.17. The van der Waals surface area contributed by atoms with Gasteiger partial charge >= 0.3 is 0 Å². The Bertz CT molecular complexity index is 386. The molecular weight excluding hydrogens is 254 g/mol. The standard InChI is InChI=1S/C15H19ClF2/c16-13(7-5-11-3-1-2-4-11)9-12-6-8-14(17)15(18)10-12/h6,8,10-11,13H,1-5,7,9H2. The summed E-state index contributed by atoms with van der Waals surface area (Å²) in [6.45, 7) is 0. The molecule has 1 aliphatic rings. The summed E-state index contributed by atoms with van der Waals surface area (Å²) in [6, 6.07) is 4.04. The van der Waals surface area contributed by atoms with E-state index in [2.05, 4.69) is 0 Å². The Morgan fingerprint density at radius 2 is 1.89 bits per heavy atom. The van der Waals surface area contributed by atoms with Gasteiger partial charge in [0.1, 0.15) is 0 Å². The van der Waals surface area contributed by atoms with Crippen LogP contribution < -0.4 is 0 Å². The Kier molecular flexibility index (Phi) is 4.99. The number of benzene rings is 1. The van der Waals surface area contributed by atoms with Crippen molar-refractivity contribution in [2.45, 2.75) is 50.3 Å². The zero-order valence-electron chi connectivity index (χ0n) is 10.5. The van der Waals surface area contributed by atoms with Crippen LogP contribution in [0.2, 0.25) is 0 Å². The van der Waals surface area contributed by atoms with Gasteiger partial charge in [0.05, 0.1) is 0 Å². The lowest BCUT2D eigenvalue weighted by atomic mass is 9.98. The number of rotatable bonds is 5. The van der Waals surface area contributed by atoms with Crippen molar-refractivity contribution in [1.82, 2.24) is 0 Å². The molecule has 0 radical (unpaired) electrons. The van der Waals surface area contributed by atoms with E-state index < -0.39 is 11.6 Å². The van der Waals surface area contributed by atoms with E-state index in [0.717, 1.165) is 24.3 Å². The van der Waals surface area contributed by atoms with Crippen LogP contribution in [-0.2, 0) is 6.42 Å². The molecule has 100 valence electrons. The minimum Gasteiger partial charge on any atom is -0.204 e. The molecule has 0 spiro atoms. The zero-order chi connectivity index (χ0) is 13.0. The van der Waals surface area contributed by atoms with Gasteiger partial charge in [0, 0.05) is 5.38 Å². The van der Waals surface area contributed by atoms with Gasteiger partial charge in [-0.2, -0.15) is 0 Å². The molecule has 3 heteroatoms. The first kappa shape index (κ1) is 13.8. The monoisotopic (exact) mass is 272 g/mol. The van der Waals surface area contributed by atoms with Gasteiger partial charge in [-0.15, -0.1) is 11.6 Å². The van der Waals surface area contributed by atoms with E-state index in [1.54, 1.807) is 6.07 Å². The van der Waals surface area contributed by atoms with Crippen molar-refractivity contribution in [1.29, 1.82) is 0 Å². The molecule has 0 heterocycles. The summed E-state index contributed by atoms with van der Waals surface area (Å²) >= 11 is 6.27. The zero-order valence-corrected chi connectivity index (χ0v) is 11.2. The Morgan fingerprint density at radius 3 is 2.56 bits per heavy atom. The maximum atomic E-state index is 13.0. The molecule has 18 heavy (non-hydrogen) atoms. The highest BCUT2D eigenvalue weighted by Gasteiger charge is 2.17. The van der Waals surface area contributed by atoms with Gasteiger partial charge in [-0.05, 0) is 42.9 Å². The van der Waals surface area contributed by atoms with Crippen LogP contribution >= 0.6 is 11.6 Å². The van der Waals surface area contributed by atoms with Crippen LogP contribution in [0.1, 0.15) is 44.1 Å². The van der Waals surface area contributed by atoms with E-state index >= 15 is 0 Å². The fraction of sp³-hybridized carbons (Fsp3) is 0.600. The van der Waals surface area contributed by atoms with Crippen LogP contribution in [0, 0.1) is 17.6 Å². The highest BCUT2D eigenvalue weighted by Crippen LogP contribution is 2.30. The molecule has 1 fully saturated rings. The summed E-state index contributed by atoms with van der Waals surface area (Å²) in [6.07, 6.45) is 8.10. The predicted molar refractivity (Wildman–Crippen MR) is 70.9 cm³/mol. The van der Waals surface area contributed by atoms with Crippen LogP contribution in [0.3, 0.4) is 0 Å². The Labute approximate surface area is 112 Å². The minimum absolute atomic E-state index is 0.0236. The predicted octanol–water partition coefficient (Wildman–Crippen LogP) is 5.09. The summed E-state index contributed by atoms with van der Waals surface area (Å²) in [5.41, 5.74) is 0.778. The third-order valence-electron chi connectivity index (χ3n) is 3.80. The second kappa shape index (κ2) is 6.51. The fourth-order valence-corrected chi connectivity index (χ4v) is 3.04. The Hall–Kier alpha value is -0.630. The van der Waals surface area contributed by atoms with Gasteiger partial charge in [-0.3, -0.25) is 0 Å². The average molecular weight is 273 g/mol. The molecule has 0 bridgehead atoms. The molecule has 1 saturated carbocycles. The number of alkyl halides is 1. The van der Waals surface area contributed by atoms with Gasteiger partial charge in [-0.1, -0.05) is 31.7 Å². The van der Waals surface area contributed by atoms with Crippen molar-refractivity contribution in [3.05, 3.63) is 35.4 Å². The van der Waals surface area contributed by atoms with Gasteiger partial charge in [0.15, 0.2) is 11.6 Å². The summed E-state index contributed by atoms with van der Waals surface area (Å²) in [5, 5.41) is 0.0236. The lowest BCUT2D eigenvalue weighted by molar-refractivity contribution is 0.475. The van der Waals surface area contributed by atoms with Gasteiger partial charge in [0.2, 0.25) is 0 Å². The molecule has 1 aliphatic carbocycles. The third kappa shape index (κ3) is 3.94. The Morgan fingerprint density at radius 1 is 1.17 bits per heavy atom. The van der Waals surface area contributed by atoms with Crippen molar-refractivity contribution >= 4 is 11.6 Å². The summed E-state index contributed by atoms with van der Waals surface area (Å²) in [4.78, 5) is 0. The van der Waals surface area contributed by atoms with Crippen molar-refractivity contribution in [2.75, 3.05) is 0 Å². The van der Waals surface area contributed by atoms with E-state index in [1.807, 2.05) is 0 Å². The second-order valence-electron chi connectivity index (χ2n) is 5.28. The number of hydrogen-bond donors (Lipinski definition) is 0. The average Bonchev–Trinajstić information content (AvgIpc) is 2.84. The van der Waals surface area contributed by atoms with Crippen LogP contribution in [0.25, 0.3) is 0 Å². The SMILES string of the molecule is Fc1ccc(CC(Cl)CCC2CCCC2)cc1F. The molecule has 1 unspecified atom stereocenters. The maximum absolute atomic E-state index is 13.0. The van der Waals surface area contributed by atoms with E-state index in [-0.39, 0.29) is 5.38 Å². The molecule has 2 rings (SSSR count). The molecule has 0 aromatic heterocycles. The van der Waals surface area contributed by atoms with Crippen LogP contribution in [-0.4, -0.2) is 5.38 Å². The molecule has 0 nitrogen and oxygen atoms in total. The first-order chi connectivity index (χ1) is 8.65. The van der Waals surface area contributed by atoms with Crippen molar-refractivity contribution < 1.29 is 8.78 Å².